The van der Waals surface area contributed by atoms with Crippen molar-refractivity contribution in [2.75, 3.05) is 0 Å². The van der Waals surface area contributed by atoms with E-state index in [1.165, 1.54) is 24.3 Å². The van der Waals surface area contributed by atoms with Crippen molar-refractivity contribution in [3.63, 3.8) is 0 Å². The van der Waals surface area contributed by atoms with E-state index < -0.39 is 17.1 Å². The SMILES string of the molecule is O=c1nc2c3cc(Br)ccc3[nH]c(=O)n2nc1-c1ccc(F)cc1. The van der Waals surface area contributed by atoms with Gasteiger partial charge in [0.1, 0.15) is 5.82 Å². The Kier molecular flexibility index (Phi) is 3.27. The number of nitrogens with one attached hydrogen (secondary N) is 1. The van der Waals surface area contributed by atoms with Crippen molar-refractivity contribution in [2.24, 2.45) is 0 Å². The number of rotatable bonds is 1. The van der Waals surface area contributed by atoms with Crippen LogP contribution in [0.25, 0.3) is 27.8 Å². The van der Waals surface area contributed by atoms with Gasteiger partial charge in [-0.1, -0.05) is 15.9 Å². The summed E-state index contributed by atoms with van der Waals surface area (Å²) in [5, 5.41) is 4.70. The van der Waals surface area contributed by atoms with Crippen molar-refractivity contribution in [2.45, 2.75) is 0 Å². The summed E-state index contributed by atoms with van der Waals surface area (Å²) in [4.78, 5) is 31.3. The molecular weight excluding hydrogens is 379 g/mol. The van der Waals surface area contributed by atoms with Gasteiger partial charge in [0.2, 0.25) is 0 Å². The lowest BCUT2D eigenvalue weighted by Crippen LogP contribution is -2.26. The predicted molar refractivity (Wildman–Crippen MR) is 90.5 cm³/mol. The molecular formula is C16H8BrFN4O2. The number of aromatic amines is 1. The van der Waals surface area contributed by atoms with E-state index in [9.17, 15) is 14.0 Å². The van der Waals surface area contributed by atoms with E-state index in [-0.39, 0.29) is 11.3 Å². The van der Waals surface area contributed by atoms with Crippen LogP contribution in [0.5, 0.6) is 0 Å². The lowest BCUT2D eigenvalue weighted by atomic mass is 10.1. The number of halogens is 2. The molecule has 0 radical (unpaired) electrons. The molecule has 4 aromatic rings. The van der Waals surface area contributed by atoms with Crippen LogP contribution in [0, 0.1) is 5.82 Å². The number of hydrogen-bond acceptors (Lipinski definition) is 4. The number of nitrogens with zero attached hydrogens (tertiary/aromatic N) is 3. The van der Waals surface area contributed by atoms with Crippen LogP contribution in [0.3, 0.4) is 0 Å². The molecule has 0 aliphatic rings. The van der Waals surface area contributed by atoms with Crippen LogP contribution in [0.2, 0.25) is 0 Å². The molecule has 0 aliphatic heterocycles. The third kappa shape index (κ3) is 2.31. The first kappa shape index (κ1) is 14.7. The Morgan fingerprint density at radius 3 is 2.58 bits per heavy atom. The number of benzene rings is 2. The van der Waals surface area contributed by atoms with Gasteiger partial charge in [-0.3, -0.25) is 4.79 Å². The van der Waals surface area contributed by atoms with Gasteiger partial charge in [-0.05, 0) is 42.5 Å². The summed E-state index contributed by atoms with van der Waals surface area (Å²) in [6.07, 6.45) is 0. The van der Waals surface area contributed by atoms with Crippen molar-refractivity contribution in [1.82, 2.24) is 19.6 Å². The van der Waals surface area contributed by atoms with Crippen molar-refractivity contribution in [3.8, 4) is 11.3 Å². The van der Waals surface area contributed by atoms with Gasteiger partial charge < -0.3 is 4.98 Å². The van der Waals surface area contributed by atoms with Crippen LogP contribution in [-0.2, 0) is 0 Å². The summed E-state index contributed by atoms with van der Waals surface area (Å²) >= 11 is 3.35. The largest absolute Gasteiger partial charge is 0.348 e. The Labute approximate surface area is 141 Å². The maximum absolute atomic E-state index is 13.1. The Morgan fingerprint density at radius 1 is 1.08 bits per heavy atom. The summed E-state index contributed by atoms with van der Waals surface area (Å²) in [6, 6.07) is 10.5. The first-order valence-electron chi connectivity index (χ1n) is 6.91. The molecule has 0 atom stereocenters. The van der Waals surface area contributed by atoms with Gasteiger partial charge in [0, 0.05) is 15.4 Å². The molecule has 118 valence electrons. The van der Waals surface area contributed by atoms with E-state index in [2.05, 4.69) is 31.0 Å². The molecule has 0 saturated heterocycles. The van der Waals surface area contributed by atoms with Crippen LogP contribution in [-0.4, -0.2) is 19.6 Å². The van der Waals surface area contributed by atoms with Gasteiger partial charge >= 0.3 is 5.69 Å². The molecule has 8 heteroatoms. The summed E-state index contributed by atoms with van der Waals surface area (Å²) < 4.78 is 14.9. The number of aromatic nitrogens is 4. The molecule has 0 spiro atoms. The molecule has 0 fully saturated rings. The minimum absolute atomic E-state index is 0.0210. The van der Waals surface area contributed by atoms with Crippen LogP contribution in [0.15, 0.2) is 56.5 Å². The molecule has 2 heterocycles. The molecule has 0 unspecified atom stereocenters. The third-order valence-electron chi connectivity index (χ3n) is 3.58. The molecule has 1 N–H and O–H groups in total. The normalized spacial score (nSPS) is 11.2. The smallest absolute Gasteiger partial charge is 0.305 e. The van der Waals surface area contributed by atoms with Crippen LogP contribution in [0.4, 0.5) is 4.39 Å². The quantitative estimate of drug-likeness (QED) is 0.509. The highest BCUT2D eigenvalue weighted by atomic mass is 79.9. The van der Waals surface area contributed by atoms with Crippen molar-refractivity contribution in [1.29, 1.82) is 0 Å². The molecule has 0 saturated carbocycles. The topological polar surface area (TPSA) is 80.1 Å². The van der Waals surface area contributed by atoms with E-state index in [1.54, 1.807) is 18.2 Å². The summed E-state index contributed by atoms with van der Waals surface area (Å²) in [5.74, 6) is -0.429. The van der Waals surface area contributed by atoms with Crippen LogP contribution >= 0.6 is 15.9 Å². The fourth-order valence-corrected chi connectivity index (χ4v) is 2.83. The van der Waals surface area contributed by atoms with Gasteiger partial charge in [-0.15, -0.1) is 0 Å². The van der Waals surface area contributed by atoms with E-state index >= 15 is 0 Å². The lowest BCUT2D eigenvalue weighted by Gasteiger charge is -2.06. The average Bonchev–Trinajstić information content (AvgIpc) is 2.56. The van der Waals surface area contributed by atoms with Crippen molar-refractivity contribution < 1.29 is 4.39 Å². The Balaban J connectivity index is 2.10. The standard InChI is InChI=1S/C16H8BrFN4O2/c17-9-3-6-12-11(7-9)14-20-15(23)13(21-22(14)16(24)19-12)8-1-4-10(18)5-2-8/h1-7H,(H,19,24). The van der Waals surface area contributed by atoms with Gasteiger partial charge in [-0.2, -0.15) is 14.6 Å². The predicted octanol–water partition coefficient (Wildman–Crippen LogP) is 2.50. The molecule has 2 aromatic heterocycles. The Morgan fingerprint density at radius 2 is 1.83 bits per heavy atom. The van der Waals surface area contributed by atoms with Gasteiger partial charge in [0.15, 0.2) is 11.3 Å². The monoisotopic (exact) mass is 386 g/mol. The highest BCUT2D eigenvalue weighted by molar-refractivity contribution is 9.10. The second kappa shape index (κ2) is 5.34. The minimum atomic E-state index is -0.589. The Hall–Kier alpha value is -2.87. The molecule has 0 amide bonds. The number of hydrogen-bond donors (Lipinski definition) is 1. The summed E-state index contributed by atoms with van der Waals surface area (Å²) in [5.41, 5.74) is -0.0362. The molecule has 2 aromatic carbocycles. The molecule has 4 rings (SSSR count). The van der Waals surface area contributed by atoms with E-state index in [4.69, 9.17) is 0 Å². The second-order valence-corrected chi connectivity index (χ2v) is 6.04. The summed E-state index contributed by atoms with van der Waals surface area (Å²) in [7, 11) is 0. The fraction of sp³-hybridized carbons (Fsp3) is 0. The number of fused-ring (bicyclic) bond motifs is 3. The van der Waals surface area contributed by atoms with E-state index in [0.717, 1.165) is 8.99 Å². The van der Waals surface area contributed by atoms with Crippen molar-refractivity contribution in [3.05, 3.63) is 73.6 Å². The zero-order valence-corrected chi connectivity index (χ0v) is 13.5. The lowest BCUT2D eigenvalue weighted by molar-refractivity contribution is 0.628. The highest BCUT2D eigenvalue weighted by Crippen LogP contribution is 2.20. The second-order valence-electron chi connectivity index (χ2n) is 5.13. The van der Waals surface area contributed by atoms with Gasteiger partial charge in [-0.25, -0.2) is 9.18 Å². The van der Waals surface area contributed by atoms with Crippen LogP contribution < -0.4 is 11.2 Å². The Bertz CT molecular complexity index is 1220. The fourth-order valence-electron chi connectivity index (χ4n) is 2.47. The zero-order valence-electron chi connectivity index (χ0n) is 12.0. The molecule has 24 heavy (non-hydrogen) atoms. The molecule has 0 bridgehead atoms. The minimum Gasteiger partial charge on any atom is -0.305 e. The van der Waals surface area contributed by atoms with Gasteiger partial charge in [0.25, 0.3) is 5.56 Å². The third-order valence-corrected chi connectivity index (χ3v) is 4.08. The zero-order chi connectivity index (χ0) is 16.8. The number of H-pyrrole nitrogens is 1. The first-order chi connectivity index (χ1) is 11.5. The molecule has 0 aliphatic carbocycles. The average molecular weight is 387 g/mol. The summed E-state index contributed by atoms with van der Waals surface area (Å²) in [6.45, 7) is 0. The van der Waals surface area contributed by atoms with Crippen LogP contribution in [0.1, 0.15) is 0 Å². The van der Waals surface area contributed by atoms with E-state index in [0.29, 0.717) is 16.5 Å². The molecule has 6 nitrogen and oxygen atoms in total. The van der Waals surface area contributed by atoms with Crippen molar-refractivity contribution >= 4 is 32.5 Å². The highest BCUT2D eigenvalue weighted by Gasteiger charge is 2.13. The first-order valence-corrected chi connectivity index (χ1v) is 7.71. The maximum atomic E-state index is 13.1. The van der Waals surface area contributed by atoms with Gasteiger partial charge in [0.05, 0.1) is 5.52 Å². The maximum Gasteiger partial charge on any atom is 0.348 e. The van der Waals surface area contributed by atoms with E-state index in [1.807, 2.05) is 0 Å².